The summed E-state index contributed by atoms with van der Waals surface area (Å²) >= 11 is 0. The van der Waals surface area contributed by atoms with Crippen LogP contribution in [0.15, 0.2) is 61.1 Å². The summed E-state index contributed by atoms with van der Waals surface area (Å²) in [4.78, 5) is 12.3. The van der Waals surface area contributed by atoms with Crippen LogP contribution in [-0.4, -0.2) is 25.5 Å². The summed E-state index contributed by atoms with van der Waals surface area (Å²) < 4.78 is 3.72. The Balaban J connectivity index is 1.41. The van der Waals surface area contributed by atoms with E-state index >= 15 is 0 Å². The van der Waals surface area contributed by atoms with Gasteiger partial charge in [-0.25, -0.2) is 9.36 Å². The highest BCUT2D eigenvalue weighted by atomic mass is 16.1. The topological polar surface area (TPSA) is 64.7 Å². The van der Waals surface area contributed by atoms with Gasteiger partial charge in [0.1, 0.15) is 5.82 Å². The highest BCUT2D eigenvalue weighted by molar-refractivity contribution is 6.01. The van der Waals surface area contributed by atoms with Crippen molar-refractivity contribution < 1.29 is 4.79 Å². The minimum atomic E-state index is -0.169. The van der Waals surface area contributed by atoms with Crippen molar-refractivity contribution in [1.82, 2.24) is 19.6 Å². The Morgan fingerprint density at radius 3 is 2.73 bits per heavy atom. The first-order valence-corrected chi connectivity index (χ1v) is 8.92. The quantitative estimate of drug-likeness (QED) is 0.713. The van der Waals surface area contributed by atoms with Gasteiger partial charge in [-0.3, -0.25) is 4.79 Å². The van der Waals surface area contributed by atoms with E-state index < -0.39 is 0 Å². The number of aromatic nitrogens is 4. The van der Waals surface area contributed by atoms with Gasteiger partial charge in [-0.15, -0.1) is 0 Å². The zero-order valence-corrected chi connectivity index (χ0v) is 14.5. The average molecular weight is 347 g/mol. The van der Waals surface area contributed by atoms with E-state index in [-0.39, 0.29) is 5.91 Å². The maximum absolute atomic E-state index is 12.3. The molecule has 0 bridgehead atoms. The fraction of sp³-hybridized carbons (Fsp3) is 0.250. The summed E-state index contributed by atoms with van der Waals surface area (Å²) in [6, 6.07) is 12.1. The minimum absolute atomic E-state index is 0.169. The smallest absolute Gasteiger partial charge is 0.249 e. The second kappa shape index (κ2) is 7.39. The number of hydrogen-bond acceptors (Lipinski definition) is 3. The Labute approximate surface area is 152 Å². The minimum Gasteiger partial charge on any atom is -0.307 e. The van der Waals surface area contributed by atoms with Crippen LogP contribution in [0.5, 0.6) is 0 Å². The van der Waals surface area contributed by atoms with Gasteiger partial charge in [0.25, 0.3) is 0 Å². The lowest BCUT2D eigenvalue weighted by Gasteiger charge is -2.13. The van der Waals surface area contributed by atoms with Gasteiger partial charge >= 0.3 is 0 Å². The molecule has 0 saturated heterocycles. The van der Waals surface area contributed by atoms with Gasteiger partial charge in [0.15, 0.2) is 0 Å². The fourth-order valence-electron chi connectivity index (χ4n) is 3.34. The number of carbonyl (C=O) groups is 1. The summed E-state index contributed by atoms with van der Waals surface area (Å²) in [5, 5.41) is 11.6. The molecule has 0 atom stereocenters. The average Bonchev–Trinajstić information content (AvgIpc) is 3.42. The lowest BCUT2D eigenvalue weighted by Crippen LogP contribution is -2.15. The van der Waals surface area contributed by atoms with Crippen molar-refractivity contribution in [3.63, 3.8) is 0 Å². The standard InChI is InChI=1S/C20H21N5O/c26-20(23-19-12-13-21-25(19)18-8-4-5-9-18)11-10-16-14-22-24(15-16)17-6-2-1-3-7-17/h1-3,6-7,10-15,18H,4-5,8-9H2,(H,23,26)/b11-10+. The van der Waals surface area contributed by atoms with Crippen LogP contribution in [0.2, 0.25) is 0 Å². The molecule has 1 aromatic carbocycles. The molecule has 26 heavy (non-hydrogen) atoms. The molecule has 1 saturated carbocycles. The van der Waals surface area contributed by atoms with Crippen molar-refractivity contribution in [3.05, 3.63) is 66.6 Å². The van der Waals surface area contributed by atoms with Crippen molar-refractivity contribution in [2.75, 3.05) is 5.32 Å². The molecule has 1 N–H and O–H groups in total. The number of rotatable bonds is 5. The van der Waals surface area contributed by atoms with Crippen LogP contribution in [0, 0.1) is 0 Å². The molecule has 0 spiro atoms. The Bertz CT molecular complexity index is 903. The molecule has 6 nitrogen and oxygen atoms in total. The molecule has 1 aliphatic carbocycles. The third kappa shape index (κ3) is 3.59. The molecule has 0 unspecified atom stereocenters. The number of anilines is 1. The number of para-hydroxylation sites is 1. The predicted octanol–water partition coefficient (Wildman–Crippen LogP) is 3.84. The number of benzene rings is 1. The third-order valence-corrected chi connectivity index (χ3v) is 4.64. The van der Waals surface area contributed by atoms with Crippen LogP contribution in [0.3, 0.4) is 0 Å². The lowest BCUT2D eigenvalue weighted by molar-refractivity contribution is -0.111. The first-order chi connectivity index (χ1) is 12.8. The maximum Gasteiger partial charge on any atom is 0.249 e. The van der Waals surface area contributed by atoms with Crippen molar-refractivity contribution in [2.45, 2.75) is 31.7 Å². The summed E-state index contributed by atoms with van der Waals surface area (Å²) in [5.41, 5.74) is 1.85. The van der Waals surface area contributed by atoms with E-state index in [0.29, 0.717) is 6.04 Å². The summed E-state index contributed by atoms with van der Waals surface area (Å²) in [6.07, 6.45) is 13.4. The molecule has 2 aromatic heterocycles. The van der Waals surface area contributed by atoms with Crippen molar-refractivity contribution in [1.29, 1.82) is 0 Å². The van der Waals surface area contributed by atoms with Crippen LogP contribution >= 0.6 is 0 Å². The molecule has 2 heterocycles. The molecule has 1 fully saturated rings. The third-order valence-electron chi connectivity index (χ3n) is 4.64. The van der Waals surface area contributed by atoms with Crippen molar-refractivity contribution in [2.24, 2.45) is 0 Å². The van der Waals surface area contributed by atoms with Crippen LogP contribution in [0.1, 0.15) is 37.3 Å². The molecule has 0 radical (unpaired) electrons. The van der Waals surface area contributed by atoms with Gasteiger partial charge in [0.05, 0.1) is 24.1 Å². The molecular formula is C20H21N5O. The summed E-state index contributed by atoms with van der Waals surface area (Å²) in [6.45, 7) is 0. The Morgan fingerprint density at radius 2 is 1.92 bits per heavy atom. The molecule has 4 rings (SSSR count). The van der Waals surface area contributed by atoms with Crippen LogP contribution in [0.4, 0.5) is 5.82 Å². The first-order valence-electron chi connectivity index (χ1n) is 8.92. The number of nitrogens with zero attached hydrogens (tertiary/aromatic N) is 4. The predicted molar refractivity (Wildman–Crippen MR) is 101 cm³/mol. The number of carbonyl (C=O) groups excluding carboxylic acids is 1. The van der Waals surface area contributed by atoms with Gasteiger partial charge in [0.2, 0.25) is 5.91 Å². The Morgan fingerprint density at radius 1 is 1.12 bits per heavy atom. The largest absolute Gasteiger partial charge is 0.307 e. The monoisotopic (exact) mass is 347 g/mol. The lowest BCUT2D eigenvalue weighted by atomic mass is 10.2. The molecule has 1 amide bonds. The summed E-state index contributed by atoms with van der Waals surface area (Å²) in [5.74, 6) is 0.587. The molecule has 132 valence electrons. The number of hydrogen-bond donors (Lipinski definition) is 1. The van der Waals surface area contributed by atoms with Crippen LogP contribution in [0.25, 0.3) is 11.8 Å². The van der Waals surface area contributed by atoms with Crippen molar-refractivity contribution >= 4 is 17.8 Å². The van der Waals surface area contributed by atoms with Gasteiger partial charge in [-0.1, -0.05) is 31.0 Å². The van der Waals surface area contributed by atoms with Gasteiger partial charge in [0, 0.05) is 23.9 Å². The number of nitrogens with one attached hydrogen (secondary N) is 1. The Kier molecular flexibility index (Phi) is 4.64. The molecule has 6 heteroatoms. The molecule has 0 aliphatic heterocycles. The van der Waals surface area contributed by atoms with E-state index in [1.165, 1.54) is 18.9 Å². The number of amides is 1. The zero-order chi connectivity index (χ0) is 17.8. The second-order valence-electron chi connectivity index (χ2n) is 6.48. The van der Waals surface area contributed by atoms with Gasteiger partial charge in [-0.2, -0.15) is 10.2 Å². The van der Waals surface area contributed by atoms with Crippen molar-refractivity contribution in [3.8, 4) is 5.69 Å². The van der Waals surface area contributed by atoms with Crippen LogP contribution < -0.4 is 5.32 Å². The van der Waals surface area contributed by atoms with E-state index in [0.717, 1.165) is 29.9 Å². The van der Waals surface area contributed by atoms with Crippen LogP contribution in [-0.2, 0) is 4.79 Å². The first kappa shape index (κ1) is 16.3. The fourth-order valence-corrected chi connectivity index (χ4v) is 3.34. The van der Waals surface area contributed by atoms with E-state index in [9.17, 15) is 4.79 Å². The summed E-state index contributed by atoms with van der Waals surface area (Å²) in [7, 11) is 0. The van der Waals surface area contributed by atoms with Gasteiger partial charge < -0.3 is 5.32 Å². The normalized spacial score (nSPS) is 14.9. The van der Waals surface area contributed by atoms with Gasteiger partial charge in [-0.05, 0) is 31.1 Å². The molecular weight excluding hydrogens is 326 g/mol. The maximum atomic E-state index is 12.3. The zero-order valence-electron chi connectivity index (χ0n) is 14.5. The SMILES string of the molecule is O=C(/C=C/c1cnn(-c2ccccc2)c1)Nc1ccnn1C1CCCC1. The highest BCUT2D eigenvalue weighted by Gasteiger charge is 2.20. The van der Waals surface area contributed by atoms with E-state index in [1.54, 1.807) is 23.2 Å². The highest BCUT2D eigenvalue weighted by Crippen LogP contribution is 2.31. The Hall–Kier alpha value is -3.15. The molecule has 1 aliphatic rings. The molecule has 3 aromatic rings. The van der Waals surface area contributed by atoms with E-state index in [2.05, 4.69) is 15.5 Å². The van der Waals surface area contributed by atoms with E-state index in [1.807, 2.05) is 47.3 Å². The second-order valence-corrected chi connectivity index (χ2v) is 6.48. The van der Waals surface area contributed by atoms with E-state index in [4.69, 9.17) is 0 Å².